The molecule has 0 atom stereocenters. The summed E-state index contributed by atoms with van der Waals surface area (Å²) in [6, 6.07) is 13.7. The number of ether oxygens (including phenoxy) is 3. The van der Waals surface area contributed by atoms with E-state index in [2.05, 4.69) is 11.3 Å². The minimum Gasteiger partial charge on any atom is -0.458 e. The molecule has 0 saturated carbocycles. The van der Waals surface area contributed by atoms with Crippen molar-refractivity contribution in [1.82, 2.24) is 0 Å². The molecule has 0 amide bonds. The SMILES string of the molecule is C=CC(=O)OCc1cc(N)c(-c2ccc(OC(=O)c3ccc(OC(=O)CCC(F)(F)C(F)(F)C(F)(F)F)cc3)cc2)c(N)c1. The maximum atomic E-state index is 13.4. The number of hydrogen-bond donors (Lipinski definition) is 2. The van der Waals surface area contributed by atoms with Crippen LogP contribution in [0.3, 0.4) is 0 Å². The van der Waals surface area contributed by atoms with Gasteiger partial charge in [-0.25, -0.2) is 9.59 Å². The first-order valence-corrected chi connectivity index (χ1v) is 12.4. The lowest BCUT2D eigenvalue weighted by molar-refractivity contribution is -0.355. The molecule has 44 heavy (non-hydrogen) atoms. The Bertz CT molecular complexity index is 1520. The molecule has 234 valence electrons. The number of alkyl halides is 7. The number of anilines is 2. The number of halogens is 7. The van der Waals surface area contributed by atoms with Crippen LogP contribution in [-0.4, -0.2) is 35.9 Å². The van der Waals surface area contributed by atoms with E-state index >= 15 is 0 Å². The number of nitrogens with two attached hydrogens (primary N) is 2. The molecule has 0 aliphatic rings. The number of benzene rings is 3. The van der Waals surface area contributed by atoms with E-state index in [0.717, 1.165) is 30.3 Å². The molecule has 3 rings (SSSR count). The van der Waals surface area contributed by atoms with Gasteiger partial charge < -0.3 is 25.7 Å². The van der Waals surface area contributed by atoms with Gasteiger partial charge in [0.25, 0.3) is 0 Å². The van der Waals surface area contributed by atoms with Gasteiger partial charge in [0.05, 0.1) is 12.0 Å². The lowest BCUT2D eigenvalue weighted by Gasteiger charge is -2.27. The van der Waals surface area contributed by atoms with Crippen LogP contribution in [0.5, 0.6) is 11.5 Å². The largest absolute Gasteiger partial charge is 0.459 e. The van der Waals surface area contributed by atoms with Crippen LogP contribution in [0.25, 0.3) is 11.1 Å². The number of nitrogen functional groups attached to an aromatic ring is 2. The van der Waals surface area contributed by atoms with Crippen molar-refractivity contribution in [3.63, 3.8) is 0 Å². The third-order valence-corrected chi connectivity index (χ3v) is 5.94. The zero-order valence-electron chi connectivity index (χ0n) is 22.4. The van der Waals surface area contributed by atoms with Crippen molar-refractivity contribution in [2.45, 2.75) is 37.5 Å². The first kappa shape index (κ1) is 33.4. The van der Waals surface area contributed by atoms with Crippen LogP contribution in [0.2, 0.25) is 0 Å². The van der Waals surface area contributed by atoms with Crippen molar-refractivity contribution in [2.75, 3.05) is 11.5 Å². The third kappa shape index (κ3) is 7.85. The van der Waals surface area contributed by atoms with Crippen LogP contribution >= 0.6 is 0 Å². The standard InChI is InChI=1S/C29H23F7N2O6/c1-2-23(39)42-15-16-13-21(37)25(22(38)14-16)17-3-7-20(8-4-17)44-26(41)18-5-9-19(10-6-18)43-24(40)11-12-27(30,31)28(32,33)29(34,35)36/h2-10,13-14H,1,11-12,15,37-38H2. The van der Waals surface area contributed by atoms with E-state index in [0.29, 0.717) is 28.1 Å². The minimum absolute atomic E-state index is 0.0357. The Hall–Kier alpha value is -5.08. The maximum absolute atomic E-state index is 13.4. The van der Waals surface area contributed by atoms with Gasteiger partial charge in [0.2, 0.25) is 0 Å². The summed E-state index contributed by atoms with van der Waals surface area (Å²) in [6.45, 7) is 3.24. The first-order valence-electron chi connectivity index (χ1n) is 12.4. The summed E-state index contributed by atoms with van der Waals surface area (Å²) >= 11 is 0. The minimum atomic E-state index is -6.51. The molecule has 0 radical (unpaired) electrons. The van der Waals surface area contributed by atoms with Crippen LogP contribution in [0.4, 0.5) is 42.1 Å². The lowest BCUT2D eigenvalue weighted by Crippen LogP contribution is -2.52. The Morgan fingerprint density at radius 2 is 1.32 bits per heavy atom. The topological polar surface area (TPSA) is 131 Å². The molecule has 0 heterocycles. The van der Waals surface area contributed by atoms with Gasteiger partial charge in [-0.05, 0) is 59.7 Å². The van der Waals surface area contributed by atoms with Gasteiger partial charge in [0, 0.05) is 29.4 Å². The van der Waals surface area contributed by atoms with Gasteiger partial charge in [-0.3, -0.25) is 4.79 Å². The van der Waals surface area contributed by atoms with Crippen molar-refractivity contribution in [2.24, 2.45) is 0 Å². The summed E-state index contributed by atoms with van der Waals surface area (Å²) in [4.78, 5) is 35.5. The summed E-state index contributed by atoms with van der Waals surface area (Å²) in [5.74, 6) is -15.0. The molecule has 0 fully saturated rings. The molecule has 0 aliphatic carbocycles. The highest BCUT2D eigenvalue weighted by Crippen LogP contribution is 2.48. The zero-order chi connectivity index (χ0) is 32.9. The number of rotatable bonds is 11. The fraction of sp³-hybridized carbons (Fsp3) is 0.207. The van der Waals surface area contributed by atoms with Gasteiger partial charge in [0.1, 0.15) is 18.1 Å². The number of carbonyl (C=O) groups excluding carboxylic acids is 3. The third-order valence-electron chi connectivity index (χ3n) is 5.94. The summed E-state index contributed by atoms with van der Waals surface area (Å²) in [7, 11) is 0. The second-order valence-electron chi connectivity index (χ2n) is 9.15. The predicted molar refractivity (Wildman–Crippen MR) is 143 cm³/mol. The summed E-state index contributed by atoms with van der Waals surface area (Å²) < 4.78 is 104. The predicted octanol–water partition coefficient (Wildman–Crippen LogP) is 6.48. The van der Waals surface area contributed by atoms with Crippen molar-refractivity contribution in [3.05, 3.63) is 84.4 Å². The average Bonchev–Trinajstić information content (AvgIpc) is 2.95. The fourth-order valence-corrected chi connectivity index (χ4v) is 3.70. The second-order valence-corrected chi connectivity index (χ2v) is 9.15. The highest BCUT2D eigenvalue weighted by molar-refractivity contribution is 5.92. The molecule has 0 aromatic heterocycles. The van der Waals surface area contributed by atoms with Gasteiger partial charge in [-0.15, -0.1) is 0 Å². The van der Waals surface area contributed by atoms with E-state index in [1.807, 2.05) is 0 Å². The highest BCUT2D eigenvalue weighted by atomic mass is 19.4. The Kier molecular flexibility index (Phi) is 9.92. The van der Waals surface area contributed by atoms with E-state index in [1.165, 1.54) is 12.1 Å². The molecular weight excluding hydrogens is 605 g/mol. The fourth-order valence-electron chi connectivity index (χ4n) is 3.70. The van der Waals surface area contributed by atoms with Gasteiger partial charge in [-0.1, -0.05) is 18.7 Å². The normalized spacial score (nSPS) is 11.9. The van der Waals surface area contributed by atoms with Crippen molar-refractivity contribution < 1.29 is 59.3 Å². The van der Waals surface area contributed by atoms with Crippen molar-refractivity contribution in [1.29, 1.82) is 0 Å². The molecule has 0 bridgehead atoms. The molecule has 3 aromatic rings. The average molecular weight is 628 g/mol. The lowest BCUT2D eigenvalue weighted by atomic mass is 9.99. The molecule has 0 saturated heterocycles. The maximum Gasteiger partial charge on any atom is 0.459 e. The van der Waals surface area contributed by atoms with Gasteiger partial charge in [0.15, 0.2) is 0 Å². The molecule has 15 heteroatoms. The van der Waals surface area contributed by atoms with E-state index in [4.69, 9.17) is 20.9 Å². The summed E-state index contributed by atoms with van der Waals surface area (Å²) in [6.07, 6.45) is -9.04. The zero-order valence-corrected chi connectivity index (χ0v) is 22.4. The first-order chi connectivity index (χ1) is 20.4. The Morgan fingerprint density at radius 1 is 0.795 bits per heavy atom. The van der Waals surface area contributed by atoms with Crippen LogP contribution in [0.1, 0.15) is 28.8 Å². The molecule has 0 aliphatic heterocycles. The van der Waals surface area contributed by atoms with E-state index < -0.39 is 48.8 Å². The number of esters is 3. The van der Waals surface area contributed by atoms with Crippen LogP contribution < -0.4 is 20.9 Å². The molecular formula is C29H23F7N2O6. The molecule has 3 aromatic carbocycles. The smallest absolute Gasteiger partial charge is 0.458 e. The van der Waals surface area contributed by atoms with E-state index in [1.54, 1.807) is 24.3 Å². The Balaban J connectivity index is 1.59. The van der Waals surface area contributed by atoms with E-state index in [-0.39, 0.29) is 23.7 Å². The number of carbonyl (C=O) groups is 3. The van der Waals surface area contributed by atoms with Crippen molar-refractivity contribution >= 4 is 29.3 Å². The highest BCUT2D eigenvalue weighted by Gasteiger charge is 2.72. The van der Waals surface area contributed by atoms with Crippen LogP contribution in [0.15, 0.2) is 73.3 Å². The van der Waals surface area contributed by atoms with Gasteiger partial charge >= 0.3 is 35.9 Å². The molecule has 8 nitrogen and oxygen atoms in total. The monoisotopic (exact) mass is 628 g/mol. The number of hydrogen-bond acceptors (Lipinski definition) is 8. The Morgan fingerprint density at radius 3 is 1.84 bits per heavy atom. The van der Waals surface area contributed by atoms with Gasteiger partial charge in [-0.2, -0.15) is 30.7 Å². The molecule has 0 spiro atoms. The van der Waals surface area contributed by atoms with Crippen LogP contribution in [-0.2, 0) is 20.9 Å². The van der Waals surface area contributed by atoms with E-state index in [9.17, 15) is 45.1 Å². The van der Waals surface area contributed by atoms with Crippen LogP contribution in [0, 0.1) is 0 Å². The Labute approximate surface area is 245 Å². The molecule has 0 unspecified atom stereocenters. The molecule has 4 N–H and O–H groups in total. The second kappa shape index (κ2) is 13.1. The van der Waals surface area contributed by atoms with Crippen molar-refractivity contribution in [3.8, 4) is 22.6 Å². The summed E-state index contributed by atoms with van der Waals surface area (Å²) in [5.41, 5.74) is 14.5. The quantitative estimate of drug-likeness (QED) is 0.0811. The summed E-state index contributed by atoms with van der Waals surface area (Å²) in [5, 5.41) is 0.